The molecule has 2 rings (SSSR count). The molecule has 0 saturated carbocycles. The molecule has 3 heteroatoms. The smallest absolute Gasteiger partial charge is 0.123 e. The van der Waals surface area contributed by atoms with Crippen LogP contribution in [0.15, 0.2) is 34.8 Å². The largest absolute Gasteiger partial charge is 0.309 e. The predicted octanol–water partition coefficient (Wildman–Crippen LogP) is 4.82. The molecule has 1 atom stereocenters. The van der Waals surface area contributed by atoms with Crippen molar-refractivity contribution < 1.29 is 4.39 Å². The molecule has 106 valence electrons. The fourth-order valence-corrected chi connectivity index (χ4v) is 2.98. The van der Waals surface area contributed by atoms with Crippen molar-refractivity contribution in [1.82, 2.24) is 5.32 Å². The van der Waals surface area contributed by atoms with Crippen LogP contribution in [0.1, 0.15) is 33.9 Å². The zero-order valence-electron chi connectivity index (χ0n) is 12.2. The van der Waals surface area contributed by atoms with Crippen LogP contribution in [-0.2, 0) is 0 Å². The third-order valence-corrected chi connectivity index (χ3v) is 4.47. The highest BCUT2D eigenvalue weighted by molar-refractivity contribution is 9.10. The van der Waals surface area contributed by atoms with Gasteiger partial charge in [0.15, 0.2) is 0 Å². The first kappa shape index (κ1) is 15.2. The molecule has 2 aromatic carbocycles. The first-order chi connectivity index (χ1) is 9.43. The third kappa shape index (κ3) is 2.94. The molecular formula is C17H19BrFN. The summed E-state index contributed by atoms with van der Waals surface area (Å²) in [6, 6.07) is 9.14. The lowest BCUT2D eigenvalue weighted by Crippen LogP contribution is -2.19. The predicted molar refractivity (Wildman–Crippen MR) is 85.7 cm³/mol. The molecule has 0 spiro atoms. The van der Waals surface area contributed by atoms with E-state index in [1.807, 2.05) is 7.05 Å². The van der Waals surface area contributed by atoms with E-state index >= 15 is 0 Å². The van der Waals surface area contributed by atoms with Gasteiger partial charge in [0.25, 0.3) is 0 Å². The second-order valence-electron chi connectivity index (χ2n) is 5.18. The van der Waals surface area contributed by atoms with Crippen LogP contribution in [0.4, 0.5) is 4.39 Å². The van der Waals surface area contributed by atoms with E-state index in [9.17, 15) is 4.39 Å². The molecule has 0 fully saturated rings. The van der Waals surface area contributed by atoms with Crippen LogP contribution in [-0.4, -0.2) is 7.05 Å². The Morgan fingerprint density at radius 1 is 0.950 bits per heavy atom. The Morgan fingerprint density at radius 2 is 1.60 bits per heavy atom. The van der Waals surface area contributed by atoms with Crippen LogP contribution < -0.4 is 5.32 Å². The minimum atomic E-state index is -0.218. The molecular weight excluding hydrogens is 317 g/mol. The van der Waals surface area contributed by atoms with Gasteiger partial charge in [-0.15, -0.1) is 0 Å². The number of nitrogens with one attached hydrogen (secondary N) is 1. The lowest BCUT2D eigenvalue weighted by Gasteiger charge is -2.22. The molecule has 1 N–H and O–H groups in total. The molecule has 0 aliphatic heterocycles. The van der Waals surface area contributed by atoms with Crippen LogP contribution in [0.2, 0.25) is 0 Å². The fourth-order valence-electron chi connectivity index (χ4n) is 2.51. The average molecular weight is 336 g/mol. The highest BCUT2D eigenvalue weighted by Gasteiger charge is 2.18. The summed E-state index contributed by atoms with van der Waals surface area (Å²) in [6.07, 6.45) is 0. The molecule has 2 aromatic rings. The summed E-state index contributed by atoms with van der Waals surface area (Å²) in [7, 11) is 1.90. The van der Waals surface area contributed by atoms with E-state index in [2.05, 4.69) is 54.2 Å². The van der Waals surface area contributed by atoms with Gasteiger partial charge < -0.3 is 5.32 Å². The van der Waals surface area contributed by atoms with E-state index in [0.717, 1.165) is 10.0 Å². The third-order valence-electron chi connectivity index (χ3n) is 3.75. The Kier molecular flexibility index (Phi) is 4.61. The van der Waals surface area contributed by atoms with E-state index in [1.165, 1.54) is 28.3 Å². The molecule has 0 saturated heterocycles. The summed E-state index contributed by atoms with van der Waals surface area (Å²) in [5.41, 5.74) is 5.84. The summed E-state index contributed by atoms with van der Waals surface area (Å²) < 4.78 is 14.5. The van der Waals surface area contributed by atoms with Crippen LogP contribution >= 0.6 is 15.9 Å². The van der Waals surface area contributed by atoms with Gasteiger partial charge in [-0.2, -0.15) is 0 Å². The Balaban J connectivity index is 2.58. The molecule has 1 nitrogen and oxygen atoms in total. The SMILES string of the molecule is CNC(c1cc(C)c(C)cc1C)c1cc(F)ccc1Br. The number of aryl methyl sites for hydroxylation is 3. The van der Waals surface area contributed by atoms with Crippen molar-refractivity contribution in [2.24, 2.45) is 0 Å². The number of hydrogen-bond acceptors (Lipinski definition) is 1. The number of rotatable bonds is 3. The molecule has 0 amide bonds. The lowest BCUT2D eigenvalue weighted by atomic mass is 9.92. The van der Waals surface area contributed by atoms with Crippen molar-refractivity contribution in [2.45, 2.75) is 26.8 Å². The molecule has 0 aromatic heterocycles. The van der Waals surface area contributed by atoms with Crippen molar-refractivity contribution >= 4 is 15.9 Å². The van der Waals surface area contributed by atoms with Crippen molar-refractivity contribution in [2.75, 3.05) is 7.05 Å². The Hall–Kier alpha value is -1.19. The van der Waals surface area contributed by atoms with Gasteiger partial charge in [0.05, 0.1) is 6.04 Å². The average Bonchev–Trinajstić information content (AvgIpc) is 2.40. The van der Waals surface area contributed by atoms with E-state index < -0.39 is 0 Å². The molecule has 0 heterocycles. The van der Waals surface area contributed by atoms with Crippen molar-refractivity contribution in [3.05, 3.63) is 68.4 Å². The number of benzene rings is 2. The normalized spacial score (nSPS) is 12.5. The topological polar surface area (TPSA) is 12.0 Å². The van der Waals surface area contributed by atoms with Crippen LogP contribution in [0.5, 0.6) is 0 Å². The molecule has 0 bridgehead atoms. The zero-order valence-corrected chi connectivity index (χ0v) is 13.8. The van der Waals surface area contributed by atoms with Crippen LogP contribution in [0, 0.1) is 26.6 Å². The van der Waals surface area contributed by atoms with Gasteiger partial charge in [-0.3, -0.25) is 0 Å². The van der Waals surface area contributed by atoms with E-state index in [-0.39, 0.29) is 11.9 Å². The molecule has 0 aliphatic carbocycles. The van der Waals surface area contributed by atoms with E-state index in [0.29, 0.717) is 0 Å². The lowest BCUT2D eigenvalue weighted by molar-refractivity contribution is 0.615. The summed E-state index contributed by atoms with van der Waals surface area (Å²) in [5, 5.41) is 3.29. The highest BCUT2D eigenvalue weighted by atomic mass is 79.9. The second-order valence-corrected chi connectivity index (χ2v) is 6.03. The van der Waals surface area contributed by atoms with Crippen molar-refractivity contribution in [1.29, 1.82) is 0 Å². The molecule has 1 unspecified atom stereocenters. The summed E-state index contributed by atoms with van der Waals surface area (Å²) in [6.45, 7) is 6.31. The van der Waals surface area contributed by atoms with Gasteiger partial charge in [0.2, 0.25) is 0 Å². The van der Waals surface area contributed by atoms with E-state index in [1.54, 1.807) is 12.1 Å². The molecule has 20 heavy (non-hydrogen) atoms. The molecule has 0 radical (unpaired) electrons. The van der Waals surface area contributed by atoms with Gasteiger partial charge >= 0.3 is 0 Å². The van der Waals surface area contributed by atoms with E-state index in [4.69, 9.17) is 0 Å². The maximum Gasteiger partial charge on any atom is 0.123 e. The number of hydrogen-bond donors (Lipinski definition) is 1. The first-order valence-electron chi connectivity index (χ1n) is 6.64. The van der Waals surface area contributed by atoms with Crippen molar-refractivity contribution in [3.8, 4) is 0 Å². The van der Waals surface area contributed by atoms with Gasteiger partial charge in [0.1, 0.15) is 5.82 Å². The minimum absolute atomic E-state index is 0.0284. The fraction of sp³-hybridized carbons (Fsp3) is 0.294. The summed E-state index contributed by atoms with van der Waals surface area (Å²) in [4.78, 5) is 0. The number of halogens is 2. The maximum atomic E-state index is 13.6. The maximum absolute atomic E-state index is 13.6. The standard InChI is InChI=1S/C17H19BrFN/c1-10-7-12(3)14(8-11(10)2)17(20-4)15-9-13(19)5-6-16(15)18/h5-9,17,20H,1-4H3. The zero-order chi connectivity index (χ0) is 14.9. The van der Waals surface area contributed by atoms with Crippen molar-refractivity contribution in [3.63, 3.8) is 0 Å². The molecule has 0 aliphatic rings. The minimum Gasteiger partial charge on any atom is -0.309 e. The monoisotopic (exact) mass is 335 g/mol. The van der Waals surface area contributed by atoms with Crippen LogP contribution in [0.3, 0.4) is 0 Å². The first-order valence-corrected chi connectivity index (χ1v) is 7.43. The highest BCUT2D eigenvalue weighted by Crippen LogP contribution is 2.32. The summed E-state index contributed by atoms with van der Waals surface area (Å²) in [5.74, 6) is -0.218. The Bertz CT molecular complexity index is 637. The Morgan fingerprint density at radius 3 is 2.25 bits per heavy atom. The van der Waals surface area contributed by atoms with Gasteiger partial charge in [0, 0.05) is 4.47 Å². The van der Waals surface area contributed by atoms with Gasteiger partial charge in [-0.1, -0.05) is 28.1 Å². The van der Waals surface area contributed by atoms with Gasteiger partial charge in [-0.25, -0.2) is 4.39 Å². The quantitative estimate of drug-likeness (QED) is 0.847. The van der Waals surface area contributed by atoms with Crippen LogP contribution in [0.25, 0.3) is 0 Å². The van der Waals surface area contributed by atoms with Gasteiger partial charge in [-0.05, 0) is 73.8 Å². The Labute approximate surface area is 128 Å². The summed E-state index contributed by atoms with van der Waals surface area (Å²) >= 11 is 3.52. The second kappa shape index (κ2) is 6.06.